The number of fused-ring (bicyclic) bond motifs is 1. The number of nitrogens with zero attached hydrogens (tertiary/aromatic N) is 1. The highest BCUT2D eigenvalue weighted by Crippen LogP contribution is 2.29. The first-order valence-corrected chi connectivity index (χ1v) is 9.92. The largest absolute Gasteiger partial charge is 0.480 e. The number of amides is 5. The first kappa shape index (κ1) is 23.6. The number of anilines is 2. The Balaban J connectivity index is 2.18. The average molecular weight is 433 g/mol. The van der Waals surface area contributed by atoms with Crippen LogP contribution in [0, 0.1) is 5.92 Å². The number of carboxylic acids is 1. The zero-order valence-electron chi connectivity index (χ0n) is 17.4. The smallest absolute Gasteiger partial charge is 0.326 e. The number of carboxylic acid groups (broad SMARTS) is 1. The van der Waals surface area contributed by atoms with E-state index in [-0.39, 0.29) is 31.2 Å². The van der Waals surface area contributed by atoms with E-state index < -0.39 is 35.9 Å². The lowest BCUT2D eigenvalue weighted by Crippen LogP contribution is -2.57. The minimum Gasteiger partial charge on any atom is -0.480 e. The molecule has 6 N–H and O–H groups in total. The van der Waals surface area contributed by atoms with Crippen molar-refractivity contribution < 1.29 is 29.1 Å². The van der Waals surface area contributed by atoms with Gasteiger partial charge in [0.25, 0.3) is 0 Å². The van der Waals surface area contributed by atoms with Crippen LogP contribution in [-0.4, -0.2) is 53.5 Å². The van der Waals surface area contributed by atoms with Crippen molar-refractivity contribution in [1.82, 2.24) is 10.6 Å². The third-order valence-electron chi connectivity index (χ3n) is 5.08. The predicted octanol–water partition coefficient (Wildman–Crippen LogP) is 0.404. The Morgan fingerprint density at radius 1 is 1.23 bits per heavy atom. The minimum atomic E-state index is -1.33. The van der Waals surface area contributed by atoms with E-state index in [1.54, 1.807) is 31.2 Å². The zero-order chi connectivity index (χ0) is 23.1. The topological polar surface area (TPSA) is 171 Å². The van der Waals surface area contributed by atoms with Crippen molar-refractivity contribution in [2.45, 2.75) is 45.2 Å². The van der Waals surface area contributed by atoms with Crippen LogP contribution >= 0.6 is 0 Å². The van der Waals surface area contributed by atoms with E-state index in [2.05, 4.69) is 16.0 Å². The molecule has 0 fully saturated rings. The minimum absolute atomic E-state index is 0.169. The number of carbonyl (C=O) groups excluding carboxylic acids is 4. The Kier molecular flexibility index (Phi) is 7.94. The quantitative estimate of drug-likeness (QED) is 0.377. The van der Waals surface area contributed by atoms with E-state index in [4.69, 9.17) is 5.73 Å². The van der Waals surface area contributed by atoms with Gasteiger partial charge in [-0.25, -0.2) is 9.59 Å². The lowest BCUT2D eigenvalue weighted by Gasteiger charge is -2.32. The second-order valence-electron chi connectivity index (χ2n) is 7.37. The third kappa shape index (κ3) is 6.17. The highest BCUT2D eigenvalue weighted by atomic mass is 16.4. The fraction of sp³-hybridized carbons (Fsp3) is 0.450. The van der Waals surface area contributed by atoms with Gasteiger partial charge in [-0.1, -0.05) is 32.4 Å². The Bertz CT molecular complexity index is 873. The van der Waals surface area contributed by atoms with Gasteiger partial charge in [-0.15, -0.1) is 0 Å². The van der Waals surface area contributed by atoms with Crippen molar-refractivity contribution in [2.75, 3.05) is 16.8 Å². The summed E-state index contributed by atoms with van der Waals surface area (Å²) in [5.41, 5.74) is 6.01. The van der Waals surface area contributed by atoms with Crippen molar-refractivity contribution in [2.24, 2.45) is 11.7 Å². The fourth-order valence-corrected chi connectivity index (χ4v) is 3.13. The number of nitrogens with one attached hydrogen (secondary N) is 3. The second-order valence-corrected chi connectivity index (χ2v) is 7.37. The fourth-order valence-electron chi connectivity index (χ4n) is 3.13. The molecule has 168 valence electrons. The maximum atomic E-state index is 13.0. The molecule has 0 spiro atoms. The van der Waals surface area contributed by atoms with Gasteiger partial charge in [-0.3, -0.25) is 19.3 Å². The third-order valence-corrected chi connectivity index (χ3v) is 5.08. The van der Waals surface area contributed by atoms with Crippen molar-refractivity contribution in [3.05, 3.63) is 24.3 Å². The molecule has 31 heavy (non-hydrogen) atoms. The molecule has 3 unspecified atom stereocenters. The number of aliphatic carboxylic acids is 1. The molecule has 0 radical (unpaired) electrons. The summed E-state index contributed by atoms with van der Waals surface area (Å²) in [6.45, 7) is 3.33. The maximum Gasteiger partial charge on any atom is 0.326 e. The summed E-state index contributed by atoms with van der Waals surface area (Å²) in [7, 11) is 0. The van der Waals surface area contributed by atoms with Crippen LogP contribution in [0.2, 0.25) is 0 Å². The van der Waals surface area contributed by atoms with Crippen LogP contribution < -0.4 is 26.6 Å². The summed E-state index contributed by atoms with van der Waals surface area (Å²) in [4.78, 5) is 61.4. The zero-order valence-corrected chi connectivity index (χ0v) is 17.4. The summed E-state index contributed by atoms with van der Waals surface area (Å²) >= 11 is 0. The summed E-state index contributed by atoms with van der Waals surface area (Å²) in [6, 6.07) is 3.71. The number of para-hydroxylation sites is 2. The summed E-state index contributed by atoms with van der Waals surface area (Å²) in [5.74, 6) is -3.41. The molecule has 0 bridgehead atoms. The van der Waals surface area contributed by atoms with Crippen LogP contribution in [0.15, 0.2) is 24.3 Å². The molecule has 0 saturated heterocycles. The molecule has 1 aromatic rings. The molecule has 11 heteroatoms. The number of rotatable bonds is 9. The van der Waals surface area contributed by atoms with E-state index >= 15 is 0 Å². The van der Waals surface area contributed by atoms with E-state index in [0.717, 1.165) is 0 Å². The van der Waals surface area contributed by atoms with Crippen LogP contribution in [0.5, 0.6) is 0 Å². The highest BCUT2D eigenvalue weighted by Gasteiger charge is 2.33. The van der Waals surface area contributed by atoms with Crippen LogP contribution in [-0.2, 0) is 19.2 Å². The predicted molar refractivity (Wildman–Crippen MR) is 112 cm³/mol. The van der Waals surface area contributed by atoms with Crippen molar-refractivity contribution >= 4 is 41.1 Å². The van der Waals surface area contributed by atoms with Crippen molar-refractivity contribution in [3.63, 3.8) is 0 Å². The summed E-state index contributed by atoms with van der Waals surface area (Å²) in [6.07, 6.45) is 0.142. The SMILES string of the molecule is CCC(C)C(NC(=O)N1CC(=O)Nc2ccccc21)C(=O)NC(CCC(N)=O)C(=O)O. The molecule has 0 aliphatic carbocycles. The van der Waals surface area contributed by atoms with Gasteiger partial charge in [-0.2, -0.15) is 0 Å². The molecular weight excluding hydrogens is 406 g/mol. The summed E-state index contributed by atoms with van der Waals surface area (Å²) in [5, 5.41) is 17.0. The number of hydrogen-bond acceptors (Lipinski definition) is 5. The Labute approximate surface area is 179 Å². The Hall–Kier alpha value is -3.63. The molecule has 11 nitrogen and oxygen atoms in total. The monoisotopic (exact) mass is 433 g/mol. The molecule has 3 atom stereocenters. The van der Waals surface area contributed by atoms with Crippen LogP contribution in [0.25, 0.3) is 0 Å². The number of carbonyl (C=O) groups is 5. The van der Waals surface area contributed by atoms with Crippen LogP contribution in [0.1, 0.15) is 33.1 Å². The first-order chi connectivity index (χ1) is 14.6. The Morgan fingerprint density at radius 3 is 2.52 bits per heavy atom. The van der Waals surface area contributed by atoms with Gasteiger partial charge >= 0.3 is 12.0 Å². The maximum absolute atomic E-state index is 13.0. The van der Waals surface area contributed by atoms with Gasteiger partial charge in [0.05, 0.1) is 11.4 Å². The van der Waals surface area contributed by atoms with Gasteiger partial charge in [0.2, 0.25) is 17.7 Å². The average Bonchev–Trinajstić information content (AvgIpc) is 2.72. The molecule has 1 heterocycles. The van der Waals surface area contributed by atoms with E-state index in [9.17, 15) is 29.1 Å². The van der Waals surface area contributed by atoms with Gasteiger partial charge in [-0.05, 0) is 24.5 Å². The van der Waals surface area contributed by atoms with Crippen molar-refractivity contribution in [1.29, 1.82) is 0 Å². The number of primary amides is 1. The van der Waals surface area contributed by atoms with Gasteiger partial charge in [0.15, 0.2) is 0 Å². The molecule has 0 saturated carbocycles. The van der Waals surface area contributed by atoms with E-state index in [0.29, 0.717) is 17.8 Å². The normalized spacial score (nSPS) is 15.7. The highest BCUT2D eigenvalue weighted by molar-refractivity contribution is 6.10. The standard InChI is InChI=1S/C20H27N5O6/c1-3-11(2)17(18(28)23-13(19(29)30)8-9-15(21)26)24-20(31)25-10-16(27)22-12-6-4-5-7-14(12)25/h4-7,11,13,17H,3,8-10H2,1-2H3,(H2,21,26)(H,22,27)(H,23,28)(H,24,31)(H,29,30). The molecular formula is C20H27N5O6. The molecule has 1 aromatic carbocycles. The second kappa shape index (κ2) is 10.4. The van der Waals surface area contributed by atoms with Crippen molar-refractivity contribution in [3.8, 4) is 0 Å². The van der Waals surface area contributed by atoms with Gasteiger partial charge < -0.3 is 26.8 Å². The molecule has 2 rings (SSSR count). The lowest BCUT2D eigenvalue weighted by molar-refractivity contribution is -0.142. The molecule has 5 amide bonds. The number of benzene rings is 1. The molecule has 1 aliphatic rings. The van der Waals surface area contributed by atoms with E-state index in [1.807, 2.05) is 6.92 Å². The van der Waals surface area contributed by atoms with Crippen LogP contribution in [0.4, 0.5) is 16.2 Å². The number of hydrogen-bond donors (Lipinski definition) is 5. The number of urea groups is 1. The molecule has 1 aliphatic heterocycles. The van der Waals surface area contributed by atoms with Crippen LogP contribution in [0.3, 0.4) is 0 Å². The van der Waals surface area contributed by atoms with Gasteiger partial charge in [0.1, 0.15) is 18.6 Å². The van der Waals surface area contributed by atoms with E-state index in [1.165, 1.54) is 4.90 Å². The first-order valence-electron chi connectivity index (χ1n) is 9.92. The van der Waals surface area contributed by atoms with Gasteiger partial charge in [0, 0.05) is 6.42 Å². The lowest BCUT2D eigenvalue weighted by atomic mass is 9.97. The number of nitrogens with two attached hydrogens (primary N) is 1. The summed E-state index contributed by atoms with van der Waals surface area (Å²) < 4.78 is 0. The Morgan fingerprint density at radius 2 is 1.90 bits per heavy atom. The molecule has 0 aromatic heterocycles.